The molecule has 1 amide bonds. The van der Waals surface area contributed by atoms with E-state index < -0.39 is 15.9 Å². The van der Waals surface area contributed by atoms with E-state index >= 15 is 0 Å². The van der Waals surface area contributed by atoms with Crippen molar-refractivity contribution in [2.24, 2.45) is 0 Å². The van der Waals surface area contributed by atoms with Gasteiger partial charge < -0.3 is 10.4 Å². The van der Waals surface area contributed by atoms with E-state index in [-0.39, 0.29) is 6.54 Å². The Balaban J connectivity index is 2.49. The molecule has 0 bridgehead atoms. The second-order valence-electron chi connectivity index (χ2n) is 3.06. The maximum atomic E-state index is 11.4. The minimum absolute atomic E-state index is 0.0403. The number of pyridine rings is 1. The first-order chi connectivity index (χ1) is 7.39. The fourth-order valence-electron chi connectivity index (χ4n) is 0.986. The van der Waals surface area contributed by atoms with Crippen LogP contribution in [0.5, 0.6) is 0 Å². The van der Waals surface area contributed by atoms with E-state index in [4.69, 9.17) is 34.8 Å². The van der Waals surface area contributed by atoms with Crippen molar-refractivity contribution in [3.8, 4) is 0 Å². The van der Waals surface area contributed by atoms with E-state index in [2.05, 4.69) is 5.32 Å². The van der Waals surface area contributed by atoms with Crippen molar-refractivity contribution in [1.29, 1.82) is 0 Å². The fourth-order valence-corrected chi connectivity index (χ4v) is 1.15. The summed E-state index contributed by atoms with van der Waals surface area (Å²) in [6.07, 6.45) is 1.89. The highest BCUT2D eigenvalue weighted by molar-refractivity contribution is 6.68. The zero-order valence-electron chi connectivity index (χ0n) is 8.11. The zero-order valence-corrected chi connectivity index (χ0v) is 10.4. The van der Waals surface area contributed by atoms with Crippen LogP contribution >= 0.6 is 34.8 Å². The predicted molar refractivity (Wildman–Crippen MR) is 61.1 cm³/mol. The number of hydrogen-bond donors (Lipinski definition) is 2. The van der Waals surface area contributed by atoms with Crippen molar-refractivity contribution >= 4 is 40.7 Å². The van der Waals surface area contributed by atoms with Crippen molar-refractivity contribution in [2.45, 2.75) is 16.6 Å². The molecule has 16 heavy (non-hydrogen) atoms. The van der Waals surface area contributed by atoms with Gasteiger partial charge in [0.2, 0.25) is 10.3 Å². The molecule has 0 radical (unpaired) electrons. The Hall–Kier alpha value is -0.550. The lowest BCUT2D eigenvalue weighted by molar-refractivity contribution is -0.684. The molecule has 0 spiro atoms. The van der Waals surface area contributed by atoms with Crippen molar-refractivity contribution in [3.05, 3.63) is 30.6 Å². The van der Waals surface area contributed by atoms with Crippen LogP contribution in [-0.2, 0) is 11.3 Å². The van der Waals surface area contributed by atoms with Gasteiger partial charge in [0.25, 0.3) is 5.91 Å². The Morgan fingerprint density at radius 2 is 1.88 bits per heavy atom. The lowest BCUT2D eigenvalue weighted by Gasteiger charge is -2.18. The summed E-state index contributed by atoms with van der Waals surface area (Å²) >= 11 is 16.2. The SMILES string of the molecule is O=C(C[n+]1ccccc1)N[C@@H](O)C(Cl)(Cl)Cl. The van der Waals surface area contributed by atoms with Crippen molar-refractivity contribution in [1.82, 2.24) is 5.32 Å². The third-order valence-electron chi connectivity index (χ3n) is 1.71. The van der Waals surface area contributed by atoms with Crippen LogP contribution in [-0.4, -0.2) is 21.0 Å². The van der Waals surface area contributed by atoms with E-state index in [1.54, 1.807) is 29.1 Å². The summed E-state index contributed by atoms with van der Waals surface area (Å²) in [5.41, 5.74) is 0. The van der Waals surface area contributed by atoms with Gasteiger partial charge >= 0.3 is 0 Å². The number of alkyl halides is 3. The van der Waals surface area contributed by atoms with Gasteiger partial charge in [0.15, 0.2) is 18.6 Å². The second kappa shape index (κ2) is 5.68. The minimum atomic E-state index is -1.93. The summed E-state index contributed by atoms with van der Waals surface area (Å²) in [5, 5.41) is 11.5. The van der Waals surface area contributed by atoms with E-state index in [0.29, 0.717) is 0 Å². The molecule has 0 aliphatic heterocycles. The molecule has 1 heterocycles. The Kier molecular flexibility index (Phi) is 4.80. The average Bonchev–Trinajstić information content (AvgIpc) is 2.17. The topological polar surface area (TPSA) is 53.2 Å². The second-order valence-corrected chi connectivity index (χ2v) is 5.43. The number of aliphatic hydroxyl groups is 1. The van der Waals surface area contributed by atoms with Crippen molar-refractivity contribution in [2.75, 3.05) is 0 Å². The van der Waals surface area contributed by atoms with Crippen molar-refractivity contribution < 1.29 is 14.5 Å². The lowest BCUT2D eigenvalue weighted by Crippen LogP contribution is -2.49. The number of nitrogens with one attached hydrogen (secondary N) is 1. The fraction of sp³-hybridized carbons (Fsp3) is 0.333. The maximum absolute atomic E-state index is 11.4. The molecule has 2 N–H and O–H groups in total. The maximum Gasteiger partial charge on any atom is 0.288 e. The summed E-state index contributed by atoms with van der Waals surface area (Å²) in [4.78, 5) is 11.4. The monoisotopic (exact) mass is 283 g/mol. The van der Waals surface area contributed by atoms with Gasteiger partial charge in [-0.1, -0.05) is 40.9 Å². The number of carbonyl (C=O) groups excluding carboxylic acids is 1. The van der Waals surface area contributed by atoms with Crippen molar-refractivity contribution in [3.63, 3.8) is 0 Å². The van der Waals surface area contributed by atoms with Gasteiger partial charge in [0.05, 0.1) is 0 Å². The van der Waals surface area contributed by atoms with Crippen LogP contribution in [0.15, 0.2) is 30.6 Å². The highest BCUT2D eigenvalue weighted by Crippen LogP contribution is 2.28. The largest absolute Gasteiger partial charge is 0.369 e. The summed E-state index contributed by atoms with van der Waals surface area (Å²) < 4.78 is -0.308. The van der Waals surface area contributed by atoms with E-state index in [9.17, 15) is 9.90 Å². The average molecular weight is 285 g/mol. The Morgan fingerprint density at radius 1 is 1.31 bits per heavy atom. The summed E-state index contributed by atoms with van der Waals surface area (Å²) in [7, 11) is 0. The first-order valence-corrected chi connectivity index (χ1v) is 5.51. The zero-order chi connectivity index (χ0) is 12.2. The molecule has 88 valence electrons. The summed E-state index contributed by atoms with van der Waals surface area (Å²) in [6.45, 7) is 0.0403. The van der Waals surface area contributed by atoms with Gasteiger partial charge in [-0.25, -0.2) is 0 Å². The number of rotatable bonds is 3. The first kappa shape index (κ1) is 13.5. The minimum Gasteiger partial charge on any atom is -0.369 e. The molecule has 1 aromatic heterocycles. The van der Waals surface area contributed by atoms with Crippen LogP contribution in [0.1, 0.15) is 0 Å². The van der Waals surface area contributed by atoms with Crippen LogP contribution in [0.25, 0.3) is 0 Å². The standard InChI is InChI=1S/C9H9Cl3N2O2/c10-9(11,12)8(16)13-7(15)6-14-4-2-1-3-5-14/h1-5,8,16H,6H2/p+1/t8-/m0/s1. The molecule has 0 unspecified atom stereocenters. The first-order valence-electron chi connectivity index (χ1n) is 4.38. The van der Waals surface area contributed by atoms with Crippen LogP contribution in [0.3, 0.4) is 0 Å². The molecular weight excluding hydrogens is 274 g/mol. The van der Waals surface area contributed by atoms with E-state index in [1.807, 2.05) is 6.07 Å². The molecule has 0 aliphatic carbocycles. The highest BCUT2D eigenvalue weighted by atomic mass is 35.6. The molecule has 1 rings (SSSR count). The van der Waals surface area contributed by atoms with Crippen LogP contribution < -0.4 is 9.88 Å². The van der Waals surface area contributed by atoms with Crippen LogP contribution in [0.2, 0.25) is 0 Å². The number of nitrogens with zero attached hydrogens (tertiary/aromatic N) is 1. The van der Waals surface area contributed by atoms with Gasteiger partial charge in [0, 0.05) is 12.1 Å². The molecule has 0 aromatic carbocycles. The van der Waals surface area contributed by atoms with Crippen LogP contribution in [0.4, 0.5) is 0 Å². The van der Waals surface area contributed by atoms with Gasteiger partial charge in [-0.2, -0.15) is 4.57 Å². The van der Waals surface area contributed by atoms with Gasteiger partial charge in [-0.05, 0) is 0 Å². The molecule has 0 aliphatic rings. The number of aromatic nitrogens is 1. The number of hydrogen-bond acceptors (Lipinski definition) is 2. The van der Waals surface area contributed by atoms with E-state index in [0.717, 1.165) is 0 Å². The van der Waals surface area contributed by atoms with Gasteiger partial charge in [-0.15, -0.1) is 0 Å². The highest BCUT2D eigenvalue weighted by Gasteiger charge is 2.32. The predicted octanol–water partition coefficient (Wildman–Crippen LogP) is 0.779. The quantitative estimate of drug-likeness (QED) is 0.490. The summed E-state index contributed by atoms with van der Waals surface area (Å²) in [5.74, 6) is -0.449. The molecule has 0 saturated carbocycles. The molecule has 0 fully saturated rings. The van der Waals surface area contributed by atoms with E-state index in [1.165, 1.54) is 0 Å². The third-order valence-corrected chi connectivity index (χ3v) is 2.33. The van der Waals surface area contributed by atoms with Gasteiger partial charge in [0.1, 0.15) is 0 Å². The molecule has 4 nitrogen and oxygen atoms in total. The number of aliphatic hydroxyl groups excluding tert-OH is 1. The molecular formula is C9H10Cl3N2O2+. The van der Waals surface area contributed by atoms with Gasteiger partial charge in [-0.3, -0.25) is 4.79 Å². The third kappa shape index (κ3) is 4.53. The normalized spacial score (nSPS) is 13.2. The van der Waals surface area contributed by atoms with Crippen LogP contribution in [0, 0.1) is 0 Å². The molecule has 7 heteroatoms. The Morgan fingerprint density at radius 3 is 2.38 bits per heavy atom. The number of halogens is 3. The lowest BCUT2D eigenvalue weighted by atomic mass is 10.4. The smallest absolute Gasteiger partial charge is 0.288 e. The Bertz CT molecular complexity index is 354. The Labute approximate surface area is 108 Å². The number of carbonyl (C=O) groups is 1. The molecule has 1 atom stereocenters. The molecule has 0 saturated heterocycles. The molecule has 1 aromatic rings. The summed E-state index contributed by atoms with van der Waals surface area (Å²) in [6, 6.07) is 5.38. The number of amides is 1.